The molecule has 0 bridgehead atoms. The van der Waals surface area contributed by atoms with Gasteiger partial charge in [0.25, 0.3) is 5.56 Å². The number of H-pyrrole nitrogens is 2. The molecule has 0 aliphatic carbocycles. The highest BCUT2D eigenvalue weighted by Gasteiger charge is 2.11. The molecule has 6 nitrogen and oxygen atoms in total. The van der Waals surface area contributed by atoms with Gasteiger partial charge >= 0.3 is 5.97 Å². The van der Waals surface area contributed by atoms with Gasteiger partial charge in [0.1, 0.15) is 5.56 Å². The van der Waals surface area contributed by atoms with Crippen molar-refractivity contribution in [2.45, 2.75) is 32.1 Å². The van der Waals surface area contributed by atoms with Crippen molar-refractivity contribution in [3.05, 3.63) is 39.5 Å². The fourth-order valence-electron chi connectivity index (χ4n) is 1.66. The molecule has 0 saturated carbocycles. The monoisotopic (exact) mass is 310 g/mol. The molecule has 21 heavy (non-hydrogen) atoms. The molecule has 0 radical (unpaired) electrons. The molecular formula is C14H18N2O4S. The van der Waals surface area contributed by atoms with E-state index in [4.69, 9.17) is 17.0 Å². The fourth-order valence-corrected chi connectivity index (χ4v) is 1.81. The minimum atomic E-state index is -0.677. The Bertz CT molecular complexity index is 618. The first kappa shape index (κ1) is 17.0. The Morgan fingerprint density at radius 1 is 1.29 bits per heavy atom. The van der Waals surface area contributed by atoms with Crippen molar-refractivity contribution in [1.82, 2.24) is 9.97 Å². The molecule has 0 spiro atoms. The summed E-state index contributed by atoms with van der Waals surface area (Å²) in [5, 5.41) is 0. The lowest BCUT2D eigenvalue weighted by Crippen LogP contribution is -2.20. The number of nitrogens with one attached hydrogen (secondary N) is 2. The number of aromatic amines is 2. The second-order valence-electron chi connectivity index (χ2n) is 4.46. The summed E-state index contributed by atoms with van der Waals surface area (Å²) in [6.07, 6.45) is 6.29. The van der Waals surface area contributed by atoms with Crippen molar-refractivity contribution in [3.8, 4) is 0 Å². The van der Waals surface area contributed by atoms with Gasteiger partial charge in [-0.25, -0.2) is 4.79 Å². The van der Waals surface area contributed by atoms with E-state index in [9.17, 15) is 14.4 Å². The Balaban J connectivity index is 2.22. The minimum absolute atomic E-state index is 0.0436. The third-order valence-electron chi connectivity index (χ3n) is 2.82. The molecular weight excluding hydrogens is 292 g/mol. The second-order valence-corrected chi connectivity index (χ2v) is 4.86. The van der Waals surface area contributed by atoms with E-state index in [0.717, 1.165) is 19.3 Å². The summed E-state index contributed by atoms with van der Waals surface area (Å²) in [7, 11) is 0. The zero-order chi connectivity index (χ0) is 15.7. The van der Waals surface area contributed by atoms with Gasteiger partial charge in [-0.2, -0.15) is 0 Å². The molecule has 1 aromatic heterocycles. The van der Waals surface area contributed by atoms with Crippen molar-refractivity contribution in [1.29, 1.82) is 0 Å². The fraction of sp³-hybridized carbons (Fsp3) is 0.429. The standard InChI is InChI=1S/C14H18N2O4S/c1-2-10(17)7-5-3-4-6-8-20-13(19)11-9-15-14(21)16-12(11)18/h2,9H,1,3-8H2,(H2,15,16,18,21). The number of carbonyl (C=O) groups excluding carboxylic acids is 2. The molecule has 1 rings (SSSR count). The molecule has 2 N–H and O–H groups in total. The number of rotatable bonds is 9. The second kappa shape index (κ2) is 9.02. The van der Waals surface area contributed by atoms with E-state index in [-0.39, 0.29) is 22.7 Å². The van der Waals surface area contributed by atoms with Gasteiger partial charge in [0.05, 0.1) is 6.61 Å². The highest BCUT2D eigenvalue weighted by Crippen LogP contribution is 2.04. The maximum atomic E-state index is 11.6. The van der Waals surface area contributed by atoms with Gasteiger partial charge in [-0.1, -0.05) is 19.4 Å². The van der Waals surface area contributed by atoms with E-state index >= 15 is 0 Å². The van der Waals surface area contributed by atoms with E-state index in [1.807, 2.05) is 0 Å². The Morgan fingerprint density at radius 3 is 2.67 bits per heavy atom. The largest absolute Gasteiger partial charge is 0.462 e. The highest BCUT2D eigenvalue weighted by atomic mass is 32.1. The number of unbranched alkanes of at least 4 members (excludes halogenated alkanes) is 3. The molecule has 0 unspecified atom stereocenters. The SMILES string of the molecule is C=CC(=O)CCCCCCOC(=O)c1c[nH]c(=S)[nH]c1=O. The summed E-state index contributed by atoms with van der Waals surface area (Å²) in [4.78, 5) is 39.0. The summed E-state index contributed by atoms with van der Waals surface area (Å²) in [5.74, 6) is -0.633. The Kier molecular flexibility index (Phi) is 7.31. The Morgan fingerprint density at radius 2 is 2.00 bits per heavy atom. The molecule has 7 heteroatoms. The molecule has 0 atom stereocenters. The van der Waals surface area contributed by atoms with Crippen LogP contribution in [-0.2, 0) is 9.53 Å². The van der Waals surface area contributed by atoms with Crippen LogP contribution in [0.4, 0.5) is 0 Å². The van der Waals surface area contributed by atoms with Crippen LogP contribution in [0.25, 0.3) is 0 Å². The summed E-state index contributed by atoms with van der Waals surface area (Å²) in [6, 6.07) is 0. The van der Waals surface area contributed by atoms with Crippen LogP contribution in [0, 0.1) is 4.77 Å². The number of ether oxygens (including phenoxy) is 1. The number of hydrogen-bond acceptors (Lipinski definition) is 5. The van der Waals surface area contributed by atoms with Gasteiger partial charge < -0.3 is 9.72 Å². The number of carbonyl (C=O) groups is 2. The van der Waals surface area contributed by atoms with Gasteiger partial charge in [0, 0.05) is 12.6 Å². The van der Waals surface area contributed by atoms with Crippen molar-refractivity contribution in [2.24, 2.45) is 0 Å². The van der Waals surface area contributed by atoms with Crippen molar-refractivity contribution >= 4 is 24.0 Å². The van der Waals surface area contributed by atoms with Crippen LogP contribution in [0.3, 0.4) is 0 Å². The maximum Gasteiger partial charge on any atom is 0.345 e. The summed E-state index contributed by atoms with van der Waals surface area (Å²) in [5.41, 5.74) is -0.660. The van der Waals surface area contributed by atoms with Gasteiger partial charge in [-0.15, -0.1) is 0 Å². The topological polar surface area (TPSA) is 92.0 Å². The molecule has 114 valence electrons. The predicted octanol–water partition coefficient (Wildman–Crippen LogP) is 2.29. The molecule has 1 aromatic rings. The van der Waals surface area contributed by atoms with Gasteiger partial charge in [-0.05, 0) is 31.1 Å². The van der Waals surface area contributed by atoms with Crippen molar-refractivity contribution in [3.63, 3.8) is 0 Å². The molecule has 0 amide bonds. The summed E-state index contributed by atoms with van der Waals surface area (Å²) >= 11 is 4.73. The van der Waals surface area contributed by atoms with Crippen molar-refractivity contribution < 1.29 is 14.3 Å². The van der Waals surface area contributed by atoms with Crippen LogP contribution in [0.1, 0.15) is 42.5 Å². The van der Waals surface area contributed by atoms with Crippen LogP contribution < -0.4 is 5.56 Å². The van der Waals surface area contributed by atoms with E-state index in [1.165, 1.54) is 12.3 Å². The van der Waals surface area contributed by atoms with E-state index in [1.54, 1.807) is 0 Å². The lowest BCUT2D eigenvalue weighted by Gasteiger charge is -2.04. The highest BCUT2D eigenvalue weighted by molar-refractivity contribution is 7.71. The first-order chi connectivity index (χ1) is 10.0. The lowest BCUT2D eigenvalue weighted by molar-refractivity contribution is -0.114. The molecule has 0 saturated heterocycles. The molecule has 0 aliphatic rings. The summed E-state index contributed by atoms with van der Waals surface area (Å²) < 4.78 is 5.16. The zero-order valence-corrected chi connectivity index (χ0v) is 12.5. The summed E-state index contributed by atoms with van der Waals surface area (Å²) in [6.45, 7) is 3.64. The normalized spacial score (nSPS) is 10.1. The number of ketones is 1. The molecule has 0 aliphatic heterocycles. The average Bonchev–Trinajstić information content (AvgIpc) is 2.45. The lowest BCUT2D eigenvalue weighted by atomic mass is 10.1. The zero-order valence-electron chi connectivity index (χ0n) is 11.6. The number of allylic oxidation sites excluding steroid dienone is 1. The molecule has 0 aromatic carbocycles. The molecule has 1 heterocycles. The van der Waals surface area contributed by atoms with Gasteiger partial charge in [0.15, 0.2) is 10.6 Å². The van der Waals surface area contributed by atoms with Crippen LogP contribution in [0.2, 0.25) is 0 Å². The van der Waals surface area contributed by atoms with E-state index < -0.39 is 11.5 Å². The van der Waals surface area contributed by atoms with Crippen molar-refractivity contribution in [2.75, 3.05) is 6.61 Å². The first-order valence-electron chi connectivity index (χ1n) is 6.69. The van der Waals surface area contributed by atoms with Gasteiger partial charge in [0.2, 0.25) is 0 Å². The Hall–Kier alpha value is -2.02. The van der Waals surface area contributed by atoms with E-state index in [0.29, 0.717) is 12.8 Å². The predicted molar refractivity (Wildman–Crippen MR) is 80.8 cm³/mol. The van der Waals surface area contributed by atoms with Crippen LogP contribution in [-0.4, -0.2) is 28.3 Å². The minimum Gasteiger partial charge on any atom is -0.462 e. The number of hydrogen-bond donors (Lipinski definition) is 2. The third-order valence-corrected chi connectivity index (χ3v) is 3.04. The van der Waals surface area contributed by atoms with E-state index in [2.05, 4.69) is 16.5 Å². The smallest absolute Gasteiger partial charge is 0.345 e. The number of aromatic nitrogens is 2. The Labute approximate surface area is 127 Å². The molecule has 0 fully saturated rings. The van der Waals surface area contributed by atoms with Crippen LogP contribution in [0.15, 0.2) is 23.6 Å². The first-order valence-corrected chi connectivity index (χ1v) is 7.10. The number of esters is 1. The average molecular weight is 310 g/mol. The van der Waals surface area contributed by atoms with Gasteiger partial charge in [-0.3, -0.25) is 14.6 Å². The third kappa shape index (κ3) is 6.31. The quantitative estimate of drug-likeness (QED) is 0.316. The van der Waals surface area contributed by atoms with Crippen LogP contribution >= 0.6 is 12.2 Å². The van der Waals surface area contributed by atoms with Crippen LogP contribution in [0.5, 0.6) is 0 Å². The maximum absolute atomic E-state index is 11.6.